The summed E-state index contributed by atoms with van der Waals surface area (Å²) >= 11 is 9.21. The summed E-state index contributed by atoms with van der Waals surface area (Å²) in [6, 6.07) is 10.5. The zero-order valence-corrected chi connectivity index (χ0v) is 12.4. The maximum absolute atomic E-state index is 11.2. The monoisotopic (exact) mass is 339 g/mol. The first-order chi connectivity index (χ1) is 8.97. The highest BCUT2D eigenvalue weighted by molar-refractivity contribution is 9.10. The molecule has 0 fully saturated rings. The van der Waals surface area contributed by atoms with Gasteiger partial charge in [0.05, 0.1) is 11.3 Å². The smallest absolute Gasteiger partial charge is 0.337 e. The Morgan fingerprint density at radius 2 is 1.95 bits per heavy atom. The van der Waals surface area contributed by atoms with Crippen LogP contribution in [-0.2, 0) is 0 Å². The summed E-state index contributed by atoms with van der Waals surface area (Å²) in [4.78, 5) is 11.2. The van der Waals surface area contributed by atoms with E-state index in [0.717, 1.165) is 15.7 Å². The fourth-order valence-electron chi connectivity index (χ4n) is 1.68. The van der Waals surface area contributed by atoms with Gasteiger partial charge < -0.3 is 10.4 Å². The van der Waals surface area contributed by atoms with Gasteiger partial charge in [0.2, 0.25) is 0 Å². The van der Waals surface area contributed by atoms with Gasteiger partial charge in [0.1, 0.15) is 0 Å². The van der Waals surface area contributed by atoms with Crippen molar-refractivity contribution in [3.8, 4) is 0 Å². The number of hydrogen-bond acceptors (Lipinski definition) is 2. The predicted molar refractivity (Wildman–Crippen MR) is 80.6 cm³/mol. The van der Waals surface area contributed by atoms with Gasteiger partial charge in [-0.1, -0.05) is 33.6 Å². The van der Waals surface area contributed by atoms with Crippen LogP contribution in [0.1, 0.15) is 15.9 Å². The average Bonchev–Trinajstić information content (AvgIpc) is 2.35. The van der Waals surface area contributed by atoms with Crippen LogP contribution in [0.3, 0.4) is 0 Å². The molecule has 0 saturated carbocycles. The van der Waals surface area contributed by atoms with Crippen molar-refractivity contribution in [2.75, 3.05) is 5.32 Å². The maximum Gasteiger partial charge on any atom is 0.337 e. The van der Waals surface area contributed by atoms with Crippen LogP contribution < -0.4 is 5.32 Å². The van der Waals surface area contributed by atoms with Crippen molar-refractivity contribution < 1.29 is 9.90 Å². The van der Waals surface area contributed by atoms with E-state index in [1.54, 1.807) is 12.1 Å². The van der Waals surface area contributed by atoms with E-state index in [0.29, 0.717) is 10.7 Å². The van der Waals surface area contributed by atoms with Gasteiger partial charge in [-0.25, -0.2) is 4.79 Å². The minimum absolute atomic E-state index is 0.145. The van der Waals surface area contributed by atoms with Gasteiger partial charge in [0.25, 0.3) is 0 Å². The van der Waals surface area contributed by atoms with Gasteiger partial charge in [-0.15, -0.1) is 0 Å². The number of rotatable bonds is 3. The van der Waals surface area contributed by atoms with E-state index in [4.69, 9.17) is 11.6 Å². The SMILES string of the molecule is Cc1ccc(Br)cc1Nc1ccc(Cl)cc1C(=O)O. The summed E-state index contributed by atoms with van der Waals surface area (Å²) in [5.41, 5.74) is 2.53. The Bertz CT molecular complexity index is 643. The first-order valence-corrected chi connectivity index (χ1v) is 6.70. The number of halogens is 2. The van der Waals surface area contributed by atoms with Crippen molar-refractivity contribution in [1.82, 2.24) is 0 Å². The number of hydrogen-bond donors (Lipinski definition) is 2. The molecular formula is C14H11BrClNO2. The minimum Gasteiger partial charge on any atom is -0.478 e. The second kappa shape index (κ2) is 5.63. The average molecular weight is 341 g/mol. The molecule has 2 aromatic rings. The molecule has 0 bridgehead atoms. The Kier molecular flexibility index (Phi) is 4.12. The van der Waals surface area contributed by atoms with E-state index in [1.165, 1.54) is 6.07 Å². The van der Waals surface area contributed by atoms with Crippen molar-refractivity contribution in [3.63, 3.8) is 0 Å². The lowest BCUT2D eigenvalue weighted by atomic mass is 10.1. The van der Waals surface area contributed by atoms with E-state index in [1.807, 2.05) is 25.1 Å². The highest BCUT2D eigenvalue weighted by atomic mass is 79.9. The van der Waals surface area contributed by atoms with Crippen LogP contribution in [0.15, 0.2) is 40.9 Å². The Morgan fingerprint density at radius 1 is 1.21 bits per heavy atom. The molecule has 0 radical (unpaired) electrons. The molecule has 0 aliphatic heterocycles. The zero-order valence-electron chi connectivity index (χ0n) is 10.1. The molecule has 0 aliphatic rings. The highest BCUT2D eigenvalue weighted by Crippen LogP contribution is 2.28. The molecule has 3 nitrogen and oxygen atoms in total. The van der Waals surface area contributed by atoms with Crippen LogP contribution in [0.25, 0.3) is 0 Å². The number of anilines is 2. The van der Waals surface area contributed by atoms with Crippen molar-refractivity contribution in [2.24, 2.45) is 0 Å². The second-order valence-corrected chi connectivity index (χ2v) is 5.43. The molecule has 2 aromatic carbocycles. The molecule has 0 heterocycles. The van der Waals surface area contributed by atoms with Gasteiger partial charge in [0, 0.05) is 15.2 Å². The van der Waals surface area contributed by atoms with Gasteiger partial charge in [0.15, 0.2) is 0 Å². The normalized spacial score (nSPS) is 10.3. The third-order valence-electron chi connectivity index (χ3n) is 2.68. The molecule has 98 valence electrons. The van der Waals surface area contributed by atoms with E-state index in [2.05, 4.69) is 21.2 Å². The summed E-state index contributed by atoms with van der Waals surface area (Å²) in [6.45, 7) is 1.95. The standard InChI is InChI=1S/C14H11BrClNO2/c1-8-2-3-9(15)6-13(8)17-12-5-4-10(16)7-11(12)14(18)19/h2-7,17H,1H3,(H,18,19). The molecule has 0 atom stereocenters. The van der Waals surface area contributed by atoms with Gasteiger partial charge in [-0.2, -0.15) is 0 Å². The van der Waals surface area contributed by atoms with E-state index >= 15 is 0 Å². The number of benzene rings is 2. The lowest BCUT2D eigenvalue weighted by Gasteiger charge is -2.12. The number of aromatic carboxylic acids is 1. The van der Waals surface area contributed by atoms with Crippen LogP contribution in [-0.4, -0.2) is 11.1 Å². The van der Waals surface area contributed by atoms with E-state index < -0.39 is 5.97 Å². The molecule has 0 unspecified atom stereocenters. The first kappa shape index (κ1) is 13.9. The third kappa shape index (κ3) is 3.28. The molecule has 0 spiro atoms. The lowest BCUT2D eigenvalue weighted by Crippen LogP contribution is -2.03. The van der Waals surface area contributed by atoms with E-state index in [9.17, 15) is 9.90 Å². The van der Waals surface area contributed by atoms with E-state index in [-0.39, 0.29) is 5.56 Å². The van der Waals surface area contributed by atoms with Crippen LogP contribution >= 0.6 is 27.5 Å². The molecule has 5 heteroatoms. The summed E-state index contributed by atoms with van der Waals surface area (Å²) < 4.78 is 0.923. The summed E-state index contributed by atoms with van der Waals surface area (Å²) in [7, 11) is 0. The molecule has 19 heavy (non-hydrogen) atoms. The van der Waals surface area contributed by atoms with Crippen LogP contribution in [0.2, 0.25) is 5.02 Å². The third-order valence-corrected chi connectivity index (χ3v) is 3.41. The number of nitrogens with one attached hydrogen (secondary N) is 1. The molecule has 0 amide bonds. The van der Waals surface area contributed by atoms with Crippen LogP contribution in [0.5, 0.6) is 0 Å². The van der Waals surface area contributed by atoms with Crippen LogP contribution in [0.4, 0.5) is 11.4 Å². The first-order valence-electron chi connectivity index (χ1n) is 5.53. The molecule has 0 aromatic heterocycles. The van der Waals surface area contributed by atoms with Crippen molar-refractivity contribution >= 4 is 44.9 Å². The molecule has 2 rings (SSSR count). The molecule has 0 aliphatic carbocycles. The van der Waals surface area contributed by atoms with Gasteiger partial charge >= 0.3 is 5.97 Å². The fraction of sp³-hybridized carbons (Fsp3) is 0.0714. The largest absolute Gasteiger partial charge is 0.478 e. The van der Waals surface area contributed by atoms with Crippen molar-refractivity contribution in [1.29, 1.82) is 0 Å². The maximum atomic E-state index is 11.2. The number of carboxylic acid groups (broad SMARTS) is 1. The number of carboxylic acids is 1. The zero-order chi connectivity index (χ0) is 14.0. The molecule has 2 N–H and O–H groups in total. The fourth-order valence-corrected chi connectivity index (χ4v) is 2.21. The minimum atomic E-state index is -1.02. The summed E-state index contributed by atoms with van der Waals surface area (Å²) in [5, 5.41) is 12.7. The van der Waals surface area contributed by atoms with Gasteiger partial charge in [-0.3, -0.25) is 0 Å². The molecular weight excluding hydrogens is 330 g/mol. The summed E-state index contributed by atoms with van der Waals surface area (Å²) in [5.74, 6) is -1.02. The van der Waals surface area contributed by atoms with Crippen molar-refractivity contribution in [2.45, 2.75) is 6.92 Å². The topological polar surface area (TPSA) is 49.3 Å². The Morgan fingerprint density at radius 3 is 2.63 bits per heavy atom. The molecule has 0 saturated heterocycles. The lowest BCUT2D eigenvalue weighted by molar-refractivity contribution is 0.0698. The Labute approximate surface area is 124 Å². The predicted octanol–water partition coefficient (Wildman–Crippen LogP) is 4.85. The highest BCUT2D eigenvalue weighted by Gasteiger charge is 2.11. The van der Waals surface area contributed by atoms with Gasteiger partial charge in [-0.05, 0) is 42.8 Å². The number of aryl methyl sites for hydroxylation is 1. The quantitative estimate of drug-likeness (QED) is 0.839. The Balaban J connectivity index is 2.43. The van der Waals surface area contributed by atoms with Crippen molar-refractivity contribution in [3.05, 3.63) is 57.0 Å². The second-order valence-electron chi connectivity index (χ2n) is 4.08. The Hall–Kier alpha value is -1.52. The van der Waals surface area contributed by atoms with Crippen LogP contribution in [0, 0.1) is 6.92 Å². The number of carbonyl (C=O) groups is 1. The summed E-state index contributed by atoms with van der Waals surface area (Å²) in [6.07, 6.45) is 0.